The molecule has 0 saturated heterocycles. The Kier molecular flexibility index (Phi) is 4.92. The minimum Gasteiger partial charge on any atom is -0.342 e. The number of aromatic amines is 1. The van der Waals surface area contributed by atoms with Crippen LogP contribution in [-0.2, 0) is 7.05 Å². The summed E-state index contributed by atoms with van der Waals surface area (Å²) in [6.45, 7) is 4.24. The molecule has 0 radical (unpaired) electrons. The van der Waals surface area contributed by atoms with Crippen LogP contribution in [0.3, 0.4) is 0 Å². The van der Waals surface area contributed by atoms with Gasteiger partial charge in [0.1, 0.15) is 12.2 Å². The van der Waals surface area contributed by atoms with Crippen molar-refractivity contribution in [2.24, 2.45) is 13.0 Å². The van der Waals surface area contributed by atoms with Gasteiger partial charge in [0.2, 0.25) is 0 Å². The first-order chi connectivity index (χ1) is 12.0. The maximum atomic E-state index is 12.7. The number of nitrogens with zero attached hydrogens (tertiary/aromatic N) is 4. The molecule has 0 bridgehead atoms. The van der Waals surface area contributed by atoms with Crippen LogP contribution in [0.4, 0.5) is 0 Å². The highest BCUT2D eigenvalue weighted by Gasteiger charge is 2.21. The Balaban J connectivity index is 1.76. The van der Waals surface area contributed by atoms with Gasteiger partial charge in [0.25, 0.3) is 5.91 Å². The van der Waals surface area contributed by atoms with Gasteiger partial charge < -0.3 is 5.32 Å². The Hall–Kier alpha value is -2.96. The van der Waals surface area contributed by atoms with Crippen LogP contribution in [0.15, 0.2) is 42.9 Å². The van der Waals surface area contributed by atoms with E-state index in [-0.39, 0.29) is 11.9 Å². The Morgan fingerprint density at radius 3 is 2.56 bits per heavy atom. The number of carbonyl (C=O) groups excluding carboxylic acids is 1. The zero-order valence-corrected chi connectivity index (χ0v) is 14.6. The quantitative estimate of drug-likeness (QED) is 0.723. The molecule has 1 aromatic carbocycles. The molecule has 0 spiro atoms. The second-order valence-electron chi connectivity index (χ2n) is 6.45. The van der Waals surface area contributed by atoms with E-state index in [1.807, 2.05) is 37.4 Å². The number of aryl methyl sites for hydroxylation is 1. The molecule has 0 aliphatic rings. The second-order valence-corrected chi connectivity index (χ2v) is 6.45. The summed E-state index contributed by atoms with van der Waals surface area (Å²) in [6.07, 6.45) is 4.01. The SMILES string of the molecule is CC(C)C[C@H](NC(=O)c1ccc(-c2ccn[nH]2)cc1)c1ncnn1C. The number of hydrogen-bond donors (Lipinski definition) is 2. The number of hydrogen-bond acceptors (Lipinski definition) is 4. The summed E-state index contributed by atoms with van der Waals surface area (Å²) in [5.41, 5.74) is 2.52. The molecule has 0 aliphatic heterocycles. The third kappa shape index (κ3) is 3.93. The van der Waals surface area contributed by atoms with Crippen molar-refractivity contribution < 1.29 is 4.79 Å². The number of aromatic nitrogens is 5. The molecule has 1 amide bonds. The van der Waals surface area contributed by atoms with Gasteiger partial charge in [-0.05, 0) is 36.1 Å². The largest absolute Gasteiger partial charge is 0.342 e. The molecule has 2 N–H and O–H groups in total. The Bertz CT molecular complexity index is 820. The highest BCUT2D eigenvalue weighted by molar-refractivity contribution is 5.94. The average molecular weight is 338 g/mol. The number of nitrogens with one attached hydrogen (secondary N) is 2. The standard InChI is InChI=1S/C18H22N6O/c1-12(2)10-16(17-19-11-21-24(17)3)22-18(25)14-6-4-13(5-7-14)15-8-9-20-23-15/h4-9,11-12,16H,10H2,1-3H3,(H,20,23)(H,22,25)/t16-/m0/s1. The van der Waals surface area contributed by atoms with Crippen LogP contribution in [-0.4, -0.2) is 30.9 Å². The highest BCUT2D eigenvalue weighted by atomic mass is 16.1. The van der Waals surface area contributed by atoms with Crippen molar-refractivity contribution in [1.29, 1.82) is 0 Å². The number of amides is 1. The van der Waals surface area contributed by atoms with Gasteiger partial charge >= 0.3 is 0 Å². The molecule has 1 atom stereocenters. The van der Waals surface area contributed by atoms with Crippen molar-refractivity contribution in [3.63, 3.8) is 0 Å². The van der Waals surface area contributed by atoms with E-state index in [1.54, 1.807) is 10.9 Å². The van der Waals surface area contributed by atoms with Crippen LogP contribution in [0.5, 0.6) is 0 Å². The molecular weight excluding hydrogens is 316 g/mol. The molecule has 2 aromatic heterocycles. The molecule has 130 valence electrons. The van der Waals surface area contributed by atoms with E-state index in [0.717, 1.165) is 23.5 Å². The lowest BCUT2D eigenvalue weighted by molar-refractivity contribution is 0.0929. The predicted octanol–water partition coefficient (Wildman–Crippen LogP) is 2.72. The van der Waals surface area contributed by atoms with Gasteiger partial charge in [-0.25, -0.2) is 4.98 Å². The van der Waals surface area contributed by atoms with Crippen LogP contribution < -0.4 is 5.32 Å². The zero-order chi connectivity index (χ0) is 17.8. The molecule has 3 rings (SSSR count). The fourth-order valence-corrected chi connectivity index (χ4v) is 2.78. The summed E-state index contributed by atoms with van der Waals surface area (Å²) in [5.74, 6) is 1.06. The van der Waals surface area contributed by atoms with Crippen molar-refractivity contribution in [1.82, 2.24) is 30.3 Å². The van der Waals surface area contributed by atoms with Gasteiger partial charge in [-0.2, -0.15) is 10.2 Å². The fraction of sp³-hybridized carbons (Fsp3) is 0.333. The van der Waals surface area contributed by atoms with Crippen molar-refractivity contribution in [2.75, 3.05) is 0 Å². The molecule has 0 unspecified atom stereocenters. The van der Waals surface area contributed by atoms with E-state index < -0.39 is 0 Å². The molecule has 0 aliphatic carbocycles. The van der Waals surface area contributed by atoms with E-state index in [9.17, 15) is 4.79 Å². The Morgan fingerprint density at radius 2 is 2.00 bits per heavy atom. The third-order valence-electron chi connectivity index (χ3n) is 4.03. The van der Waals surface area contributed by atoms with Gasteiger partial charge in [-0.1, -0.05) is 26.0 Å². The normalized spacial score (nSPS) is 12.3. The van der Waals surface area contributed by atoms with Gasteiger partial charge in [0.15, 0.2) is 0 Å². The van der Waals surface area contributed by atoms with Crippen LogP contribution in [0.1, 0.15) is 42.5 Å². The van der Waals surface area contributed by atoms with E-state index in [2.05, 4.69) is 39.4 Å². The third-order valence-corrected chi connectivity index (χ3v) is 4.03. The molecule has 0 fully saturated rings. The van der Waals surface area contributed by atoms with Crippen molar-refractivity contribution in [3.05, 3.63) is 54.2 Å². The Morgan fingerprint density at radius 1 is 1.24 bits per heavy atom. The number of carbonyl (C=O) groups is 1. The Labute approximate surface area is 146 Å². The summed E-state index contributed by atoms with van der Waals surface area (Å²) in [5, 5.41) is 14.0. The van der Waals surface area contributed by atoms with Crippen molar-refractivity contribution >= 4 is 5.91 Å². The lowest BCUT2D eigenvalue weighted by atomic mass is 10.0. The first-order valence-corrected chi connectivity index (χ1v) is 8.29. The second kappa shape index (κ2) is 7.29. The minimum absolute atomic E-state index is 0.121. The summed E-state index contributed by atoms with van der Waals surface area (Å²) in [7, 11) is 1.83. The van der Waals surface area contributed by atoms with Crippen LogP contribution in [0.25, 0.3) is 11.3 Å². The molecule has 7 heteroatoms. The molecule has 25 heavy (non-hydrogen) atoms. The minimum atomic E-state index is -0.174. The van der Waals surface area contributed by atoms with E-state index >= 15 is 0 Å². The predicted molar refractivity (Wildman–Crippen MR) is 94.7 cm³/mol. The zero-order valence-electron chi connectivity index (χ0n) is 14.6. The average Bonchev–Trinajstić information content (AvgIpc) is 3.25. The summed E-state index contributed by atoms with van der Waals surface area (Å²) >= 11 is 0. The van der Waals surface area contributed by atoms with Gasteiger partial charge in [0.05, 0.1) is 11.7 Å². The van der Waals surface area contributed by atoms with E-state index in [0.29, 0.717) is 11.5 Å². The maximum absolute atomic E-state index is 12.7. The summed E-state index contributed by atoms with van der Waals surface area (Å²) in [6, 6.07) is 9.16. The summed E-state index contributed by atoms with van der Waals surface area (Å²) < 4.78 is 1.70. The molecule has 2 heterocycles. The lowest BCUT2D eigenvalue weighted by Crippen LogP contribution is -2.31. The van der Waals surface area contributed by atoms with Crippen molar-refractivity contribution in [2.45, 2.75) is 26.3 Å². The van der Waals surface area contributed by atoms with E-state index in [1.165, 1.54) is 6.33 Å². The first-order valence-electron chi connectivity index (χ1n) is 8.29. The van der Waals surface area contributed by atoms with Gasteiger partial charge in [-0.3, -0.25) is 14.6 Å². The van der Waals surface area contributed by atoms with Crippen molar-refractivity contribution in [3.8, 4) is 11.3 Å². The topological polar surface area (TPSA) is 88.5 Å². The monoisotopic (exact) mass is 338 g/mol. The molecular formula is C18H22N6O. The van der Waals surface area contributed by atoms with Crippen LogP contribution >= 0.6 is 0 Å². The smallest absolute Gasteiger partial charge is 0.251 e. The highest BCUT2D eigenvalue weighted by Crippen LogP contribution is 2.21. The van der Waals surface area contributed by atoms with Crippen LogP contribution in [0.2, 0.25) is 0 Å². The lowest BCUT2D eigenvalue weighted by Gasteiger charge is -2.20. The van der Waals surface area contributed by atoms with Gasteiger partial charge in [-0.15, -0.1) is 0 Å². The first kappa shape index (κ1) is 16.9. The number of benzene rings is 1. The molecule has 0 saturated carbocycles. The fourth-order valence-electron chi connectivity index (χ4n) is 2.78. The van der Waals surface area contributed by atoms with Crippen LogP contribution in [0, 0.1) is 5.92 Å². The number of H-pyrrole nitrogens is 1. The summed E-state index contributed by atoms with van der Waals surface area (Å²) in [4.78, 5) is 16.9. The van der Waals surface area contributed by atoms with E-state index in [4.69, 9.17) is 0 Å². The van der Waals surface area contributed by atoms with Gasteiger partial charge in [0, 0.05) is 18.8 Å². The maximum Gasteiger partial charge on any atom is 0.251 e. The number of rotatable bonds is 6. The molecule has 3 aromatic rings. The molecule has 7 nitrogen and oxygen atoms in total.